The van der Waals surface area contributed by atoms with Crippen LogP contribution in [0.4, 0.5) is 0 Å². The second kappa shape index (κ2) is 8.88. The summed E-state index contributed by atoms with van der Waals surface area (Å²) in [6.45, 7) is 4.32. The van der Waals surface area contributed by atoms with Gasteiger partial charge in [0.2, 0.25) is 11.7 Å². The Balaban J connectivity index is 1.81. The molecule has 0 saturated heterocycles. The van der Waals surface area contributed by atoms with Crippen LogP contribution in [0, 0.1) is 0 Å². The van der Waals surface area contributed by atoms with Crippen LogP contribution in [0.1, 0.15) is 16.2 Å². The first kappa shape index (κ1) is 19.2. The fraction of sp³-hybridized carbons (Fsp3) is 0.150. The van der Waals surface area contributed by atoms with E-state index >= 15 is 0 Å². The molecule has 0 aliphatic rings. The summed E-state index contributed by atoms with van der Waals surface area (Å²) in [5.74, 6) is 0.708. The van der Waals surface area contributed by atoms with Gasteiger partial charge in [0.15, 0.2) is 0 Å². The van der Waals surface area contributed by atoms with Gasteiger partial charge in [-0.25, -0.2) is 0 Å². The van der Waals surface area contributed by atoms with E-state index in [1.54, 1.807) is 23.1 Å². The lowest BCUT2D eigenvalue weighted by atomic mass is 10.2. The van der Waals surface area contributed by atoms with Crippen molar-refractivity contribution in [2.45, 2.75) is 11.4 Å². The summed E-state index contributed by atoms with van der Waals surface area (Å²) >= 11 is 7.44. The lowest BCUT2D eigenvalue weighted by molar-refractivity contribution is 0.0742. The molecule has 3 rings (SSSR count). The first-order valence-corrected chi connectivity index (χ1v) is 9.84. The van der Waals surface area contributed by atoms with Gasteiger partial charge in [0, 0.05) is 22.0 Å². The molecule has 27 heavy (non-hydrogen) atoms. The van der Waals surface area contributed by atoms with Crippen molar-refractivity contribution in [2.24, 2.45) is 0 Å². The highest BCUT2D eigenvalue weighted by molar-refractivity contribution is 7.98. The van der Waals surface area contributed by atoms with Gasteiger partial charge in [-0.05, 0) is 42.7 Å². The van der Waals surface area contributed by atoms with E-state index in [4.69, 9.17) is 16.1 Å². The second-order valence-corrected chi connectivity index (χ2v) is 6.98. The van der Waals surface area contributed by atoms with Crippen molar-refractivity contribution in [1.82, 2.24) is 15.0 Å². The first-order chi connectivity index (χ1) is 13.1. The lowest BCUT2D eigenvalue weighted by Crippen LogP contribution is -2.31. The number of benzene rings is 2. The average Bonchev–Trinajstić information content (AvgIpc) is 3.16. The van der Waals surface area contributed by atoms with Gasteiger partial charge in [-0.1, -0.05) is 35.0 Å². The maximum absolute atomic E-state index is 13.0. The Morgan fingerprint density at radius 3 is 2.70 bits per heavy atom. The first-order valence-electron chi connectivity index (χ1n) is 8.24. The van der Waals surface area contributed by atoms with Crippen LogP contribution in [-0.2, 0) is 6.54 Å². The van der Waals surface area contributed by atoms with Gasteiger partial charge in [-0.3, -0.25) is 4.79 Å². The van der Waals surface area contributed by atoms with Crippen LogP contribution >= 0.6 is 23.4 Å². The number of amides is 1. The number of carbonyl (C=O) groups is 1. The number of thioether (sulfide) groups is 1. The van der Waals surface area contributed by atoms with E-state index in [-0.39, 0.29) is 12.5 Å². The third-order valence-electron chi connectivity index (χ3n) is 3.87. The normalized spacial score (nSPS) is 10.6. The molecule has 0 N–H and O–H groups in total. The summed E-state index contributed by atoms with van der Waals surface area (Å²) in [5.41, 5.74) is 1.44. The van der Waals surface area contributed by atoms with Crippen molar-refractivity contribution in [3.8, 4) is 11.4 Å². The molecule has 0 unspecified atom stereocenters. The molecule has 2 aromatic carbocycles. The van der Waals surface area contributed by atoms with E-state index in [0.29, 0.717) is 28.8 Å². The number of nitrogens with zero attached hydrogens (tertiary/aromatic N) is 3. The van der Waals surface area contributed by atoms with Gasteiger partial charge in [0.25, 0.3) is 5.91 Å². The molecule has 0 bridgehead atoms. The summed E-state index contributed by atoms with van der Waals surface area (Å²) < 4.78 is 5.34. The van der Waals surface area contributed by atoms with Gasteiger partial charge in [-0.2, -0.15) is 4.98 Å². The summed E-state index contributed by atoms with van der Waals surface area (Å²) in [4.78, 5) is 19.9. The highest BCUT2D eigenvalue weighted by atomic mass is 35.5. The lowest BCUT2D eigenvalue weighted by Gasteiger charge is -2.20. The maximum Gasteiger partial charge on any atom is 0.255 e. The Morgan fingerprint density at radius 1 is 1.26 bits per heavy atom. The Labute approximate surface area is 167 Å². The average molecular weight is 400 g/mol. The zero-order valence-corrected chi connectivity index (χ0v) is 16.3. The third kappa shape index (κ3) is 4.59. The molecule has 0 fully saturated rings. The van der Waals surface area contributed by atoms with Crippen molar-refractivity contribution in [3.63, 3.8) is 0 Å². The number of halogens is 1. The van der Waals surface area contributed by atoms with Crippen molar-refractivity contribution in [2.75, 3.05) is 12.8 Å². The van der Waals surface area contributed by atoms with E-state index < -0.39 is 0 Å². The van der Waals surface area contributed by atoms with Crippen molar-refractivity contribution in [3.05, 3.63) is 77.7 Å². The molecular formula is C20H18ClN3O2S. The smallest absolute Gasteiger partial charge is 0.255 e. The van der Waals surface area contributed by atoms with E-state index in [9.17, 15) is 4.79 Å². The van der Waals surface area contributed by atoms with E-state index in [2.05, 4.69) is 16.7 Å². The molecule has 0 aliphatic carbocycles. The van der Waals surface area contributed by atoms with Crippen molar-refractivity contribution >= 4 is 29.3 Å². The summed E-state index contributed by atoms with van der Waals surface area (Å²) in [6.07, 6.45) is 3.62. The molecular weight excluding hydrogens is 382 g/mol. The number of hydrogen-bond acceptors (Lipinski definition) is 5. The van der Waals surface area contributed by atoms with Crippen LogP contribution in [-0.4, -0.2) is 33.7 Å². The minimum Gasteiger partial charge on any atom is -0.337 e. The molecule has 3 aromatic rings. The standard InChI is InChI=1S/C20H18ClN3O2S/c1-3-12-24(20(25)16-6-4-5-7-17(16)27-2)13-18-22-19(23-26-18)14-8-10-15(21)11-9-14/h3-11H,1,12-13H2,2H3. The van der Waals surface area contributed by atoms with Gasteiger partial charge < -0.3 is 9.42 Å². The highest BCUT2D eigenvalue weighted by Gasteiger charge is 2.20. The number of aromatic nitrogens is 2. The topological polar surface area (TPSA) is 59.2 Å². The van der Waals surface area contributed by atoms with E-state index in [1.165, 1.54) is 11.8 Å². The van der Waals surface area contributed by atoms with Gasteiger partial charge in [-0.15, -0.1) is 18.3 Å². The molecule has 0 spiro atoms. The zero-order valence-electron chi connectivity index (χ0n) is 14.8. The minimum absolute atomic E-state index is 0.105. The summed E-state index contributed by atoms with van der Waals surface area (Å²) in [5, 5.41) is 4.63. The minimum atomic E-state index is -0.105. The monoisotopic (exact) mass is 399 g/mol. The maximum atomic E-state index is 13.0. The molecule has 0 radical (unpaired) electrons. The summed E-state index contributed by atoms with van der Waals surface area (Å²) in [6, 6.07) is 14.7. The second-order valence-electron chi connectivity index (χ2n) is 5.69. The molecule has 0 aliphatic heterocycles. The van der Waals surface area contributed by atoms with E-state index in [1.807, 2.05) is 42.7 Å². The third-order valence-corrected chi connectivity index (χ3v) is 4.92. The van der Waals surface area contributed by atoms with Crippen LogP contribution in [0.25, 0.3) is 11.4 Å². The molecule has 1 amide bonds. The Morgan fingerprint density at radius 2 is 2.00 bits per heavy atom. The largest absolute Gasteiger partial charge is 0.337 e. The fourth-order valence-corrected chi connectivity index (χ4v) is 3.28. The number of hydrogen-bond donors (Lipinski definition) is 0. The van der Waals surface area contributed by atoms with Gasteiger partial charge in [0.1, 0.15) is 6.54 Å². The molecule has 1 heterocycles. The molecule has 0 atom stereocenters. The van der Waals surface area contributed by atoms with Gasteiger partial charge >= 0.3 is 0 Å². The Hall–Kier alpha value is -2.57. The van der Waals surface area contributed by atoms with Gasteiger partial charge in [0.05, 0.1) is 5.56 Å². The highest BCUT2D eigenvalue weighted by Crippen LogP contribution is 2.23. The van der Waals surface area contributed by atoms with Crippen LogP contribution in [0.15, 0.2) is 70.6 Å². The van der Waals surface area contributed by atoms with Crippen molar-refractivity contribution in [1.29, 1.82) is 0 Å². The molecule has 7 heteroatoms. The van der Waals surface area contributed by atoms with Crippen LogP contribution in [0.5, 0.6) is 0 Å². The number of carbonyl (C=O) groups excluding carboxylic acids is 1. The molecule has 138 valence electrons. The molecule has 5 nitrogen and oxygen atoms in total. The molecule has 1 aromatic heterocycles. The SMILES string of the molecule is C=CCN(Cc1nc(-c2ccc(Cl)cc2)no1)C(=O)c1ccccc1SC. The quantitative estimate of drug-likeness (QED) is 0.416. The van der Waals surface area contributed by atoms with Crippen molar-refractivity contribution < 1.29 is 9.32 Å². The zero-order chi connectivity index (χ0) is 19.2. The Bertz CT molecular complexity index is 940. The fourth-order valence-electron chi connectivity index (χ4n) is 2.57. The predicted molar refractivity (Wildman–Crippen MR) is 108 cm³/mol. The molecule has 0 saturated carbocycles. The van der Waals surface area contributed by atoms with Crippen LogP contribution in [0.2, 0.25) is 5.02 Å². The van der Waals surface area contributed by atoms with Crippen LogP contribution in [0.3, 0.4) is 0 Å². The summed E-state index contributed by atoms with van der Waals surface area (Å²) in [7, 11) is 0. The van der Waals surface area contributed by atoms with E-state index in [0.717, 1.165) is 10.5 Å². The Kier molecular flexibility index (Phi) is 6.32. The predicted octanol–water partition coefficient (Wildman–Crippen LogP) is 4.94. The van der Waals surface area contributed by atoms with Crippen LogP contribution < -0.4 is 0 Å². The number of rotatable bonds is 7.